The molecule has 0 aliphatic heterocycles. The monoisotopic (exact) mass is 328 g/mol. The van der Waals surface area contributed by atoms with Crippen molar-refractivity contribution in [3.8, 4) is 0 Å². The molecule has 0 saturated heterocycles. The number of amides is 3. The third kappa shape index (κ3) is 7.05. The molecule has 0 heterocycles. The van der Waals surface area contributed by atoms with Crippen LogP contribution in [0.1, 0.15) is 23.7 Å². The van der Waals surface area contributed by atoms with Gasteiger partial charge in [0.25, 0.3) is 5.91 Å². The van der Waals surface area contributed by atoms with Crippen LogP contribution in [0.25, 0.3) is 0 Å². The second kappa shape index (κ2) is 10.6. The van der Waals surface area contributed by atoms with Crippen molar-refractivity contribution in [2.24, 2.45) is 5.73 Å². The normalized spacial score (nSPS) is 9.36. The minimum absolute atomic E-state index is 0. The van der Waals surface area contributed by atoms with Crippen molar-refractivity contribution in [3.05, 3.63) is 29.8 Å². The van der Waals surface area contributed by atoms with Crippen LogP contribution in [-0.2, 0) is 9.59 Å². The van der Waals surface area contributed by atoms with E-state index in [0.29, 0.717) is 17.8 Å². The average molecular weight is 329 g/mol. The summed E-state index contributed by atoms with van der Waals surface area (Å²) in [6.07, 6.45) is 0.869. The molecule has 0 unspecified atom stereocenters. The molecule has 1 rings (SSSR count). The summed E-state index contributed by atoms with van der Waals surface area (Å²) in [7, 11) is 0. The van der Waals surface area contributed by atoms with Crippen LogP contribution in [0.15, 0.2) is 24.3 Å². The quantitative estimate of drug-likeness (QED) is 0.575. The van der Waals surface area contributed by atoms with E-state index in [1.807, 2.05) is 6.92 Å². The van der Waals surface area contributed by atoms with Gasteiger partial charge in [0, 0.05) is 17.8 Å². The van der Waals surface area contributed by atoms with E-state index in [2.05, 4.69) is 16.0 Å². The molecule has 5 N–H and O–H groups in total. The fraction of sp³-hybridized carbons (Fsp3) is 0.357. The van der Waals surface area contributed by atoms with E-state index < -0.39 is 5.91 Å². The Bertz CT molecular complexity index is 505. The second-order valence-corrected chi connectivity index (χ2v) is 4.36. The lowest BCUT2D eigenvalue weighted by atomic mass is 10.2. The molecule has 0 aliphatic rings. The van der Waals surface area contributed by atoms with Crippen LogP contribution < -0.4 is 21.7 Å². The van der Waals surface area contributed by atoms with Crippen molar-refractivity contribution in [2.45, 2.75) is 13.3 Å². The molecule has 22 heavy (non-hydrogen) atoms. The van der Waals surface area contributed by atoms with Gasteiger partial charge in [0.2, 0.25) is 11.8 Å². The van der Waals surface area contributed by atoms with Crippen LogP contribution in [-0.4, -0.2) is 37.4 Å². The topological polar surface area (TPSA) is 113 Å². The Morgan fingerprint density at radius 2 is 1.68 bits per heavy atom. The van der Waals surface area contributed by atoms with Crippen molar-refractivity contribution in [1.82, 2.24) is 10.6 Å². The smallest absolute Gasteiger partial charge is 0.251 e. The summed E-state index contributed by atoms with van der Waals surface area (Å²) < 4.78 is 0. The minimum Gasteiger partial charge on any atom is -0.352 e. The molecular formula is C14H21ClN4O3. The maximum Gasteiger partial charge on any atom is 0.251 e. The predicted octanol–water partition coefficient (Wildman–Crippen LogP) is 0.262. The van der Waals surface area contributed by atoms with Gasteiger partial charge >= 0.3 is 0 Å². The minimum atomic E-state index is -0.395. The van der Waals surface area contributed by atoms with Gasteiger partial charge in [0.05, 0.1) is 13.1 Å². The van der Waals surface area contributed by atoms with Crippen molar-refractivity contribution in [1.29, 1.82) is 0 Å². The number of carbonyl (C=O) groups is 3. The molecule has 1 aromatic carbocycles. The van der Waals surface area contributed by atoms with Crippen LogP contribution >= 0.6 is 12.4 Å². The highest BCUT2D eigenvalue weighted by molar-refractivity contribution is 5.97. The fourth-order valence-electron chi connectivity index (χ4n) is 1.50. The molecule has 0 aliphatic carbocycles. The second-order valence-electron chi connectivity index (χ2n) is 4.36. The van der Waals surface area contributed by atoms with Crippen molar-refractivity contribution in [2.75, 3.05) is 25.0 Å². The maximum absolute atomic E-state index is 11.7. The molecule has 0 saturated carbocycles. The first-order valence-electron chi connectivity index (χ1n) is 6.71. The molecule has 0 spiro atoms. The third-order valence-corrected chi connectivity index (χ3v) is 2.60. The number of benzene rings is 1. The standard InChI is InChI=1S/C14H20N4O3.ClH/c1-2-7-16-14(21)10-3-5-11(6-4-10)18-13(20)9-17-12(19)8-15;/h3-6H,2,7-9,15H2,1H3,(H,16,21)(H,17,19)(H,18,20);1H. The van der Waals surface area contributed by atoms with Crippen LogP contribution in [0.2, 0.25) is 0 Å². The predicted molar refractivity (Wildman–Crippen MR) is 87.0 cm³/mol. The third-order valence-electron chi connectivity index (χ3n) is 2.60. The Kier molecular flexibility index (Phi) is 9.56. The SMILES string of the molecule is CCCNC(=O)c1ccc(NC(=O)CNC(=O)CN)cc1.Cl. The summed E-state index contributed by atoms with van der Waals surface area (Å²) >= 11 is 0. The van der Waals surface area contributed by atoms with E-state index in [1.54, 1.807) is 24.3 Å². The van der Waals surface area contributed by atoms with E-state index in [0.717, 1.165) is 6.42 Å². The molecule has 0 bridgehead atoms. The summed E-state index contributed by atoms with van der Waals surface area (Å²) in [4.78, 5) is 34.2. The number of rotatable bonds is 7. The number of hydrogen-bond donors (Lipinski definition) is 4. The Morgan fingerprint density at radius 3 is 2.23 bits per heavy atom. The van der Waals surface area contributed by atoms with Gasteiger partial charge in [-0.3, -0.25) is 14.4 Å². The molecule has 3 amide bonds. The number of hydrogen-bond acceptors (Lipinski definition) is 4. The van der Waals surface area contributed by atoms with Crippen molar-refractivity contribution < 1.29 is 14.4 Å². The van der Waals surface area contributed by atoms with Gasteiger partial charge in [0.1, 0.15) is 0 Å². The average Bonchev–Trinajstić information content (AvgIpc) is 2.50. The highest BCUT2D eigenvalue weighted by Crippen LogP contribution is 2.09. The lowest BCUT2D eigenvalue weighted by molar-refractivity contribution is -0.123. The van der Waals surface area contributed by atoms with Crippen LogP contribution in [0.3, 0.4) is 0 Å². The van der Waals surface area contributed by atoms with Gasteiger partial charge in [-0.05, 0) is 30.7 Å². The first kappa shape index (κ1) is 19.9. The number of anilines is 1. The molecular weight excluding hydrogens is 308 g/mol. The number of carbonyl (C=O) groups excluding carboxylic acids is 3. The molecule has 8 heteroatoms. The molecule has 0 atom stereocenters. The van der Waals surface area contributed by atoms with E-state index in [1.165, 1.54) is 0 Å². The van der Waals surface area contributed by atoms with Crippen LogP contribution in [0, 0.1) is 0 Å². The maximum atomic E-state index is 11.7. The zero-order chi connectivity index (χ0) is 15.7. The van der Waals surface area contributed by atoms with E-state index in [-0.39, 0.29) is 37.3 Å². The molecule has 7 nitrogen and oxygen atoms in total. The van der Waals surface area contributed by atoms with Gasteiger partial charge in [-0.15, -0.1) is 12.4 Å². The Morgan fingerprint density at radius 1 is 1.05 bits per heavy atom. The fourth-order valence-corrected chi connectivity index (χ4v) is 1.50. The Hall–Kier alpha value is -2.12. The van der Waals surface area contributed by atoms with Gasteiger partial charge in [-0.2, -0.15) is 0 Å². The van der Waals surface area contributed by atoms with E-state index >= 15 is 0 Å². The zero-order valence-corrected chi connectivity index (χ0v) is 13.2. The first-order chi connectivity index (χ1) is 10.1. The largest absolute Gasteiger partial charge is 0.352 e. The van der Waals surface area contributed by atoms with Crippen molar-refractivity contribution in [3.63, 3.8) is 0 Å². The molecule has 0 fully saturated rings. The van der Waals surface area contributed by atoms with Crippen LogP contribution in [0.4, 0.5) is 5.69 Å². The number of halogens is 1. The highest BCUT2D eigenvalue weighted by atomic mass is 35.5. The first-order valence-corrected chi connectivity index (χ1v) is 6.71. The summed E-state index contributed by atoms with van der Waals surface area (Å²) in [5.74, 6) is -0.905. The van der Waals surface area contributed by atoms with Crippen LogP contribution in [0.5, 0.6) is 0 Å². The van der Waals surface area contributed by atoms with E-state index in [9.17, 15) is 14.4 Å². The number of nitrogens with one attached hydrogen (secondary N) is 3. The summed E-state index contributed by atoms with van der Waals surface area (Å²) in [6.45, 7) is 2.30. The van der Waals surface area contributed by atoms with Gasteiger partial charge in [-0.1, -0.05) is 6.92 Å². The Balaban J connectivity index is 0.00000441. The summed E-state index contributed by atoms with van der Waals surface area (Å²) in [5, 5.41) is 7.73. The summed E-state index contributed by atoms with van der Waals surface area (Å²) in [6, 6.07) is 6.51. The molecule has 0 aromatic heterocycles. The van der Waals surface area contributed by atoms with Gasteiger partial charge in [0.15, 0.2) is 0 Å². The number of nitrogens with two attached hydrogens (primary N) is 1. The lowest BCUT2D eigenvalue weighted by Crippen LogP contribution is -2.36. The Labute approximate surface area is 135 Å². The molecule has 0 radical (unpaired) electrons. The summed E-state index contributed by atoms with van der Waals surface area (Å²) in [5.41, 5.74) is 6.18. The van der Waals surface area contributed by atoms with Gasteiger partial charge < -0.3 is 21.7 Å². The highest BCUT2D eigenvalue weighted by Gasteiger charge is 2.07. The van der Waals surface area contributed by atoms with Crippen molar-refractivity contribution >= 4 is 35.8 Å². The molecule has 1 aromatic rings. The van der Waals surface area contributed by atoms with E-state index in [4.69, 9.17) is 5.73 Å². The zero-order valence-electron chi connectivity index (χ0n) is 12.3. The molecule has 122 valence electrons. The van der Waals surface area contributed by atoms with Gasteiger partial charge in [-0.25, -0.2) is 0 Å². The lowest BCUT2D eigenvalue weighted by Gasteiger charge is -2.07.